The fourth-order valence-corrected chi connectivity index (χ4v) is 4.22. The number of nitrogens with zero attached hydrogens (tertiary/aromatic N) is 1. The fraction of sp³-hybridized carbons (Fsp3) is 0.345. The highest BCUT2D eigenvalue weighted by Crippen LogP contribution is 2.36. The number of amides is 3. The van der Waals surface area contributed by atoms with Crippen LogP contribution >= 0.6 is 0 Å². The van der Waals surface area contributed by atoms with Crippen LogP contribution in [0.25, 0.3) is 10.8 Å². The van der Waals surface area contributed by atoms with Crippen LogP contribution in [0.15, 0.2) is 66.7 Å². The summed E-state index contributed by atoms with van der Waals surface area (Å²) in [5.74, 6) is -0.628. The maximum Gasteiger partial charge on any atom is 0.408 e. The Morgan fingerprint density at radius 3 is 2.36 bits per heavy atom. The molecule has 3 aromatic rings. The summed E-state index contributed by atoms with van der Waals surface area (Å²) in [7, 11) is 0. The predicted octanol–water partition coefficient (Wildman–Crippen LogP) is 5.34. The lowest BCUT2D eigenvalue weighted by Crippen LogP contribution is -2.47. The molecule has 0 saturated heterocycles. The Balaban J connectivity index is 1.60. The average Bonchev–Trinajstić information content (AvgIpc) is 3.64. The number of carbonyl (C=O) groups excluding carboxylic acids is 3. The molecule has 1 fully saturated rings. The van der Waals surface area contributed by atoms with Crippen molar-refractivity contribution in [3.05, 3.63) is 77.9 Å². The Kier molecular flexibility index (Phi) is 7.29. The van der Waals surface area contributed by atoms with Crippen molar-refractivity contribution in [3.8, 4) is 0 Å². The van der Waals surface area contributed by atoms with E-state index in [-0.39, 0.29) is 24.4 Å². The number of benzene rings is 3. The second kappa shape index (κ2) is 10.4. The summed E-state index contributed by atoms with van der Waals surface area (Å²) in [6, 6.07) is 20.4. The maximum atomic E-state index is 13.7. The summed E-state index contributed by atoms with van der Waals surface area (Å²) in [4.78, 5) is 40.9. The summed E-state index contributed by atoms with van der Waals surface area (Å²) >= 11 is 0. The number of hydrogen-bond donors (Lipinski definition) is 2. The molecule has 3 amide bonds. The summed E-state index contributed by atoms with van der Waals surface area (Å²) in [6.45, 7) is 6.98. The molecule has 7 heteroatoms. The third-order valence-electron chi connectivity index (χ3n) is 5.91. The molecule has 1 saturated carbocycles. The normalized spacial score (nSPS) is 14.1. The highest BCUT2D eigenvalue weighted by molar-refractivity contribution is 6.00. The van der Waals surface area contributed by atoms with Gasteiger partial charge in [-0.2, -0.15) is 0 Å². The first-order valence-corrected chi connectivity index (χ1v) is 12.2. The Hall–Kier alpha value is -3.87. The van der Waals surface area contributed by atoms with E-state index in [9.17, 15) is 14.4 Å². The van der Waals surface area contributed by atoms with Crippen molar-refractivity contribution in [2.24, 2.45) is 0 Å². The third kappa shape index (κ3) is 6.42. The van der Waals surface area contributed by atoms with Crippen molar-refractivity contribution in [1.29, 1.82) is 0 Å². The van der Waals surface area contributed by atoms with E-state index in [0.717, 1.165) is 34.7 Å². The molecule has 1 aliphatic rings. The number of hydrogen-bond acceptors (Lipinski definition) is 4. The number of aryl methyl sites for hydroxylation is 1. The van der Waals surface area contributed by atoms with Gasteiger partial charge >= 0.3 is 6.09 Å². The standard InChI is InChI=1S/C29H33N3O4/c1-19-8-7-11-22(16-19)26(27(34)31-23-13-12-20-9-5-6-10-21(20)17-23)32(24-14-15-24)25(33)18-30-28(35)36-29(2,3)4/h5-13,16-17,24,26H,14-15,18H2,1-4H3,(H,30,35)(H,31,34). The molecular formula is C29H33N3O4. The van der Waals surface area contributed by atoms with Crippen LogP contribution in [-0.2, 0) is 14.3 Å². The molecule has 188 valence electrons. The van der Waals surface area contributed by atoms with Crippen LogP contribution in [0.1, 0.15) is 50.8 Å². The van der Waals surface area contributed by atoms with Gasteiger partial charge in [0.1, 0.15) is 18.2 Å². The quantitative estimate of drug-likeness (QED) is 0.471. The molecule has 36 heavy (non-hydrogen) atoms. The zero-order chi connectivity index (χ0) is 25.9. The Bertz CT molecular complexity index is 1280. The molecule has 1 atom stereocenters. The zero-order valence-electron chi connectivity index (χ0n) is 21.2. The lowest BCUT2D eigenvalue weighted by Gasteiger charge is -2.32. The lowest BCUT2D eigenvalue weighted by atomic mass is 10.0. The number of anilines is 1. The Morgan fingerprint density at radius 2 is 1.69 bits per heavy atom. The SMILES string of the molecule is Cc1cccc(C(C(=O)Nc2ccc3ccccc3c2)N(C(=O)CNC(=O)OC(C)(C)C)C2CC2)c1. The lowest BCUT2D eigenvalue weighted by molar-refractivity contribution is -0.138. The number of rotatable bonds is 7. The summed E-state index contributed by atoms with van der Waals surface area (Å²) in [5, 5.41) is 7.66. The Labute approximate surface area is 211 Å². The minimum atomic E-state index is -0.836. The van der Waals surface area contributed by atoms with Crippen LogP contribution < -0.4 is 10.6 Å². The minimum Gasteiger partial charge on any atom is -0.444 e. The van der Waals surface area contributed by atoms with Gasteiger partial charge in [0.2, 0.25) is 5.91 Å². The number of alkyl carbamates (subject to hydrolysis) is 1. The van der Waals surface area contributed by atoms with Gasteiger partial charge in [0.25, 0.3) is 5.91 Å². The summed E-state index contributed by atoms with van der Waals surface area (Å²) in [6.07, 6.45) is 0.951. The van der Waals surface area contributed by atoms with Gasteiger partial charge in [0.15, 0.2) is 0 Å². The second-order valence-corrected chi connectivity index (χ2v) is 10.3. The van der Waals surface area contributed by atoms with Crippen LogP contribution in [0.3, 0.4) is 0 Å². The van der Waals surface area contributed by atoms with Gasteiger partial charge in [-0.1, -0.05) is 60.2 Å². The summed E-state index contributed by atoms with van der Waals surface area (Å²) in [5.41, 5.74) is 1.70. The van der Waals surface area contributed by atoms with E-state index in [2.05, 4.69) is 10.6 Å². The minimum absolute atomic E-state index is 0.0641. The number of nitrogens with one attached hydrogen (secondary N) is 2. The van der Waals surface area contributed by atoms with Gasteiger partial charge in [-0.05, 0) is 69.0 Å². The predicted molar refractivity (Wildman–Crippen MR) is 141 cm³/mol. The van der Waals surface area contributed by atoms with Crippen molar-refractivity contribution in [1.82, 2.24) is 10.2 Å². The highest BCUT2D eigenvalue weighted by Gasteiger charge is 2.41. The molecule has 2 N–H and O–H groups in total. The van der Waals surface area contributed by atoms with Crippen LogP contribution in [-0.4, -0.2) is 41.0 Å². The molecule has 0 radical (unpaired) electrons. The molecule has 3 aromatic carbocycles. The van der Waals surface area contributed by atoms with Gasteiger partial charge in [-0.15, -0.1) is 0 Å². The van der Waals surface area contributed by atoms with Gasteiger partial charge in [0.05, 0.1) is 0 Å². The molecule has 0 spiro atoms. The van der Waals surface area contributed by atoms with Crippen LogP contribution in [0.2, 0.25) is 0 Å². The molecule has 1 unspecified atom stereocenters. The van der Waals surface area contributed by atoms with E-state index < -0.39 is 17.7 Å². The number of fused-ring (bicyclic) bond motifs is 1. The first-order valence-electron chi connectivity index (χ1n) is 12.2. The van der Waals surface area contributed by atoms with Crippen molar-refractivity contribution in [3.63, 3.8) is 0 Å². The molecule has 1 aliphatic carbocycles. The first-order chi connectivity index (χ1) is 17.1. The number of ether oxygens (including phenoxy) is 1. The van der Waals surface area contributed by atoms with E-state index >= 15 is 0 Å². The molecular weight excluding hydrogens is 454 g/mol. The molecule has 0 aliphatic heterocycles. The molecule has 7 nitrogen and oxygen atoms in total. The van der Waals surface area contributed by atoms with Gasteiger partial charge in [-0.25, -0.2) is 4.79 Å². The van der Waals surface area contributed by atoms with Crippen LogP contribution in [0.4, 0.5) is 10.5 Å². The second-order valence-electron chi connectivity index (χ2n) is 10.3. The average molecular weight is 488 g/mol. The molecule has 0 aromatic heterocycles. The van der Waals surface area contributed by atoms with Gasteiger partial charge in [-0.3, -0.25) is 9.59 Å². The van der Waals surface area contributed by atoms with Crippen molar-refractivity contribution < 1.29 is 19.1 Å². The van der Waals surface area contributed by atoms with Crippen LogP contribution in [0, 0.1) is 6.92 Å². The maximum absolute atomic E-state index is 13.7. The van der Waals surface area contributed by atoms with E-state index in [1.807, 2.05) is 73.7 Å². The molecule has 4 rings (SSSR count). The van der Waals surface area contributed by atoms with E-state index in [1.54, 1.807) is 25.7 Å². The Morgan fingerprint density at radius 1 is 0.972 bits per heavy atom. The third-order valence-corrected chi connectivity index (χ3v) is 5.91. The van der Waals surface area contributed by atoms with Crippen molar-refractivity contribution >= 4 is 34.4 Å². The smallest absolute Gasteiger partial charge is 0.408 e. The van der Waals surface area contributed by atoms with Gasteiger partial charge < -0.3 is 20.3 Å². The monoisotopic (exact) mass is 487 g/mol. The molecule has 0 bridgehead atoms. The van der Waals surface area contributed by atoms with E-state index in [0.29, 0.717) is 5.69 Å². The van der Waals surface area contributed by atoms with E-state index in [4.69, 9.17) is 4.74 Å². The van der Waals surface area contributed by atoms with Crippen LogP contribution in [0.5, 0.6) is 0 Å². The molecule has 0 heterocycles. The topological polar surface area (TPSA) is 87.7 Å². The van der Waals surface area contributed by atoms with Crippen molar-refractivity contribution in [2.45, 2.75) is 58.2 Å². The fourth-order valence-electron chi connectivity index (χ4n) is 4.22. The highest BCUT2D eigenvalue weighted by atomic mass is 16.6. The first kappa shape index (κ1) is 25.2. The van der Waals surface area contributed by atoms with E-state index in [1.165, 1.54) is 0 Å². The zero-order valence-corrected chi connectivity index (χ0v) is 21.2. The largest absolute Gasteiger partial charge is 0.444 e. The number of carbonyl (C=O) groups is 3. The summed E-state index contributed by atoms with van der Waals surface area (Å²) < 4.78 is 5.27. The van der Waals surface area contributed by atoms with Crippen molar-refractivity contribution in [2.75, 3.05) is 11.9 Å². The van der Waals surface area contributed by atoms with Gasteiger partial charge in [0, 0.05) is 11.7 Å².